The van der Waals surface area contributed by atoms with Gasteiger partial charge in [0.2, 0.25) is 5.95 Å². The minimum atomic E-state index is -0.258. The third kappa shape index (κ3) is 3.69. The normalized spacial score (nSPS) is 14.9. The van der Waals surface area contributed by atoms with Crippen LogP contribution in [0.15, 0.2) is 47.1 Å². The van der Waals surface area contributed by atoms with Crippen LogP contribution in [0.1, 0.15) is 43.0 Å². The van der Waals surface area contributed by atoms with Gasteiger partial charge in [0.1, 0.15) is 21.8 Å². The molecule has 3 heterocycles. The fourth-order valence-electron chi connectivity index (χ4n) is 3.26. The molecule has 0 radical (unpaired) electrons. The molecule has 5 rings (SSSR count). The van der Waals surface area contributed by atoms with E-state index >= 15 is 0 Å². The van der Waals surface area contributed by atoms with E-state index in [9.17, 15) is 4.39 Å². The van der Waals surface area contributed by atoms with Crippen LogP contribution in [-0.4, -0.2) is 24.8 Å². The van der Waals surface area contributed by atoms with Gasteiger partial charge in [0.25, 0.3) is 0 Å². The molecule has 0 bridgehead atoms. The van der Waals surface area contributed by atoms with E-state index in [4.69, 9.17) is 0 Å². The van der Waals surface area contributed by atoms with Crippen LogP contribution in [-0.2, 0) is 0 Å². The van der Waals surface area contributed by atoms with E-state index in [0.717, 1.165) is 27.2 Å². The van der Waals surface area contributed by atoms with Crippen molar-refractivity contribution in [3.8, 4) is 0 Å². The molecular weight excluding hydrogens is 437 g/mol. The number of anilines is 3. The lowest BCUT2D eigenvalue weighted by Gasteiger charge is -2.16. The molecule has 148 valence electrons. The first-order valence-corrected chi connectivity index (χ1v) is 10.3. The summed E-state index contributed by atoms with van der Waals surface area (Å²) in [5.41, 5.74) is 2.86. The molecule has 1 aromatic carbocycles. The molecule has 3 N–H and O–H groups in total. The zero-order valence-corrected chi connectivity index (χ0v) is 17.2. The lowest BCUT2D eigenvalue weighted by atomic mass is 10.1. The number of benzene rings is 1. The van der Waals surface area contributed by atoms with Crippen LogP contribution in [0.2, 0.25) is 0 Å². The predicted octanol–water partition coefficient (Wildman–Crippen LogP) is 5.15. The van der Waals surface area contributed by atoms with E-state index in [-0.39, 0.29) is 11.9 Å². The largest absolute Gasteiger partial charge is 0.346 e. The summed E-state index contributed by atoms with van der Waals surface area (Å²) in [7, 11) is 0. The summed E-state index contributed by atoms with van der Waals surface area (Å²) in [6, 6.07) is 12.2. The molecule has 4 aromatic rings. The van der Waals surface area contributed by atoms with Gasteiger partial charge in [0.05, 0.1) is 11.7 Å². The molecule has 1 fully saturated rings. The maximum Gasteiger partial charge on any atom is 0.243 e. The maximum atomic E-state index is 13.2. The second-order valence-corrected chi connectivity index (χ2v) is 8.07. The Balaban J connectivity index is 1.45. The van der Waals surface area contributed by atoms with Gasteiger partial charge in [-0.15, -0.1) is 5.10 Å². The van der Waals surface area contributed by atoms with Crippen molar-refractivity contribution in [2.75, 3.05) is 10.6 Å². The molecule has 1 atom stereocenters. The van der Waals surface area contributed by atoms with Crippen LogP contribution in [0.25, 0.3) is 5.52 Å². The van der Waals surface area contributed by atoms with Crippen molar-refractivity contribution in [3.63, 3.8) is 0 Å². The Hall–Kier alpha value is -2.94. The molecule has 29 heavy (non-hydrogen) atoms. The summed E-state index contributed by atoms with van der Waals surface area (Å²) in [4.78, 5) is 4.67. The third-order valence-corrected chi connectivity index (χ3v) is 5.63. The first-order valence-electron chi connectivity index (χ1n) is 9.46. The topological polar surface area (TPSA) is 82.9 Å². The number of aromatic amines is 1. The molecule has 3 aromatic heterocycles. The van der Waals surface area contributed by atoms with E-state index in [1.54, 1.807) is 16.6 Å². The Morgan fingerprint density at radius 2 is 2.00 bits per heavy atom. The van der Waals surface area contributed by atoms with E-state index in [0.29, 0.717) is 17.7 Å². The Bertz CT molecular complexity index is 1160. The lowest BCUT2D eigenvalue weighted by Crippen LogP contribution is -2.12. The van der Waals surface area contributed by atoms with Crippen molar-refractivity contribution in [2.24, 2.45) is 0 Å². The van der Waals surface area contributed by atoms with Crippen molar-refractivity contribution < 1.29 is 4.39 Å². The SMILES string of the molecule is C[C@H](Nc1nc(Nc2cc(C3CC3)n[nH]2)c2ccc(Br)n2n1)c1ccc(F)cc1. The van der Waals surface area contributed by atoms with E-state index in [1.807, 2.05) is 25.1 Å². The highest BCUT2D eigenvalue weighted by Gasteiger charge is 2.26. The molecule has 9 heteroatoms. The summed E-state index contributed by atoms with van der Waals surface area (Å²) < 4.78 is 15.8. The summed E-state index contributed by atoms with van der Waals surface area (Å²) in [6.07, 6.45) is 2.39. The fourth-order valence-corrected chi connectivity index (χ4v) is 3.67. The van der Waals surface area contributed by atoms with Gasteiger partial charge in [0.15, 0.2) is 5.82 Å². The van der Waals surface area contributed by atoms with Crippen molar-refractivity contribution >= 4 is 39.0 Å². The fraction of sp³-hybridized carbons (Fsp3) is 0.250. The van der Waals surface area contributed by atoms with Crippen molar-refractivity contribution in [1.29, 1.82) is 0 Å². The molecule has 0 saturated heterocycles. The van der Waals surface area contributed by atoms with Crippen molar-refractivity contribution in [1.82, 2.24) is 24.8 Å². The summed E-state index contributed by atoms with van der Waals surface area (Å²) >= 11 is 3.53. The van der Waals surface area contributed by atoms with Crippen LogP contribution < -0.4 is 10.6 Å². The molecule has 0 unspecified atom stereocenters. The number of halogens is 2. The molecule has 0 amide bonds. The standard InChI is InChI=1S/C20H19BrFN7/c1-11(12-4-6-14(22)7-5-12)23-20-25-19(16-8-9-17(21)29(16)28-20)24-18-10-15(26-27-18)13-2-3-13/h4-11,13H,2-3H2,1H3,(H3,23,24,25,26,27,28)/t11-/m0/s1. The van der Waals surface area contributed by atoms with E-state index in [2.05, 4.69) is 46.8 Å². The summed E-state index contributed by atoms with van der Waals surface area (Å²) in [5.74, 6) is 2.22. The van der Waals surface area contributed by atoms with Gasteiger partial charge < -0.3 is 10.6 Å². The van der Waals surface area contributed by atoms with Gasteiger partial charge in [-0.25, -0.2) is 8.91 Å². The number of nitrogens with one attached hydrogen (secondary N) is 3. The average Bonchev–Trinajstić information content (AvgIpc) is 3.35. The van der Waals surface area contributed by atoms with Crippen molar-refractivity contribution in [2.45, 2.75) is 31.7 Å². The van der Waals surface area contributed by atoms with Gasteiger partial charge in [-0.1, -0.05) is 12.1 Å². The Morgan fingerprint density at radius 1 is 1.21 bits per heavy atom. The van der Waals surface area contributed by atoms with Gasteiger partial charge in [-0.05, 0) is 65.5 Å². The Kier molecular flexibility index (Phi) is 4.46. The highest BCUT2D eigenvalue weighted by atomic mass is 79.9. The number of hydrogen-bond acceptors (Lipinski definition) is 5. The minimum absolute atomic E-state index is 0.0936. The zero-order chi connectivity index (χ0) is 20.0. The zero-order valence-electron chi connectivity index (χ0n) is 15.7. The molecule has 1 aliphatic carbocycles. The smallest absolute Gasteiger partial charge is 0.243 e. The molecular formula is C20H19BrFN7. The quantitative estimate of drug-likeness (QED) is 0.374. The van der Waals surface area contributed by atoms with E-state index < -0.39 is 0 Å². The maximum absolute atomic E-state index is 13.2. The van der Waals surface area contributed by atoms with Crippen molar-refractivity contribution in [3.05, 3.63) is 64.1 Å². The van der Waals surface area contributed by atoms with Gasteiger partial charge >= 0.3 is 0 Å². The highest BCUT2D eigenvalue weighted by Crippen LogP contribution is 2.39. The highest BCUT2D eigenvalue weighted by molar-refractivity contribution is 9.10. The monoisotopic (exact) mass is 455 g/mol. The average molecular weight is 456 g/mol. The molecule has 0 aliphatic heterocycles. The van der Waals surface area contributed by atoms with Gasteiger partial charge in [-0.2, -0.15) is 10.1 Å². The second kappa shape index (κ2) is 7.14. The third-order valence-electron chi connectivity index (χ3n) is 5.03. The van der Waals surface area contributed by atoms with Crippen LogP contribution >= 0.6 is 15.9 Å². The number of H-pyrrole nitrogens is 1. The number of aromatic nitrogens is 5. The first-order chi connectivity index (χ1) is 14.1. The molecule has 7 nitrogen and oxygen atoms in total. The molecule has 0 spiro atoms. The predicted molar refractivity (Wildman–Crippen MR) is 113 cm³/mol. The number of rotatable bonds is 6. The lowest BCUT2D eigenvalue weighted by molar-refractivity contribution is 0.626. The second-order valence-electron chi connectivity index (χ2n) is 7.26. The summed E-state index contributed by atoms with van der Waals surface area (Å²) in [5, 5.41) is 18.6. The summed E-state index contributed by atoms with van der Waals surface area (Å²) in [6.45, 7) is 1.98. The molecule has 1 saturated carbocycles. The molecule has 1 aliphatic rings. The first kappa shape index (κ1) is 18.1. The van der Waals surface area contributed by atoms with Crippen LogP contribution in [0.3, 0.4) is 0 Å². The Morgan fingerprint density at radius 3 is 2.76 bits per heavy atom. The van der Waals surface area contributed by atoms with Crippen LogP contribution in [0.4, 0.5) is 22.0 Å². The van der Waals surface area contributed by atoms with E-state index in [1.165, 1.54) is 25.0 Å². The number of nitrogens with zero attached hydrogens (tertiary/aromatic N) is 4. The van der Waals surface area contributed by atoms with Gasteiger partial charge in [0, 0.05) is 12.0 Å². The minimum Gasteiger partial charge on any atom is -0.346 e. The van der Waals surface area contributed by atoms with Crippen LogP contribution in [0.5, 0.6) is 0 Å². The van der Waals surface area contributed by atoms with Crippen LogP contribution in [0, 0.1) is 5.82 Å². The number of hydrogen-bond donors (Lipinski definition) is 3. The van der Waals surface area contributed by atoms with Gasteiger partial charge in [-0.3, -0.25) is 5.10 Å². The number of fused-ring (bicyclic) bond motifs is 1. The Labute approximate surface area is 174 Å².